The molecule has 3 aromatic rings. The number of hydrogen-bond donors (Lipinski definition) is 1. The predicted molar refractivity (Wildman–Crippen MR) is 122 cm³/mol. The van der Waals surface area contributed by atoms with Gasteiger partial charge >= 0.3 is 0 Å². The van der Waals surface area contributed by atoms with Gasteiger partial charge in [-0.3, -0.25) is 9.69 Å². The lowest BCUT2D eigenvalue weighted by Crippen LogP contribution is -2.43. The number of benzene rings is 3. The number of fused-ring (bicyclic) bond motifs is 1. The highest BCUT2D eigenvalue weighted by Gasteiger charge is 2.35. The Morgan fingerprint density at radius 1 is 1.12 bits per heavy atom. The van der Waals surface area contributed by atoms with Crippen LogP contribution >= 0.6 is 15.9 Å². The summed E-state index contributed by atoms with van der Waals surface area (Å²) in [5, 5.41) is 12.3. The molecule has 0 spiro atoms. The van der Waals surface area contributed by atoms with E-state index in [0.717, 1.165) is 0 Å². The van der Waals surface area contributed by atoms with Crippen molar-refractivity contribution in [3.63, 3.8) is 0 Å². The number of nitrogens with zero attached hydrogens (tertiary/aromatic N) is 2. The Bertz CT molecular complexity index is 1190. The molecule has 0 fully saturated rings. The summed E-state index contributed by atoms with van der Waals surface area (Å²) in [4.78, 5) is 15.1. The van der Waals surface area contributed by atoms with Gasteiger partial charge in [-0.1, -0.05) is 28.1 Å². The van der Waals surface area contributed by atoms with Gasteiger partial charge in [-0.05, 0) is 55.5 Å². The molecule has 1 atom stereocenters. The summed E-state index contributed by atoms with van der Waals surface area (Å²) in [5.41, 5.74) is 2.46. The average Bonchev–Trinajstić information content (AvgIpc) is 2.80. The first-order chi connectivity index (χ1) is 15.5. The molecule has 0 unspecified atom stereocenters. The van der Waals surface area contributed by atoms with Crippen molar-refractivity contribution in [3.8, 4) is 17.6 Å². The Hall–Kier alpha value is -3.57. The predicted octanol–water partition coefficient (Wildman–Crippen LogP) is 5.66. The third kappa shape index (κ3) is 4.12. The molecule has 3 aromatic carbocycles. The van der Waals surface area contributed by atoms with E-state index in [2.05, 4.69) is 21.2 Å². The molecular formula is C24H19BrFN3O3. The number of amides is 1. The SMILES string of the molecule is CCOc1cc([C@H]2Nc3ccccc3C(=O)N2c2ccc(F)cc2)c(Br)cc1OCC#N. The van der Waals surface area contributed by atoms with Crippen molar-refractivity contribution in [1.82, 2.24) is 0 Å². The van der Waals surface area contributed by atoms with Crippen LogP contribution in [-0.4, -0.2) is 19.1 Å². The molecule has 1 heterocycles. The summed E-state index contributed by atoms with van der Waals surface area (Å²) in [6, 6.07) is 18.4. The van der Waals surface area contributed by atoms with Gasteiger partial charge in [-0.2, -0.15) is 5.26 Å². The van der Waals surface area contributed by atoms with Crippen molar-refractivity contribution in [2.75, 3.05) is 23.4 Å². The molecule has 0 saturated heterocycles. The summed E-state index contributed by atoms with van der Waals surface area (Å²) in [6.07, 6.45) is -0.610. The molecule has 0 aliphatic carbocycles. The second-order valence-corrected chi connectivity index (χ2v) is 7.80. The zero-order valence-corrected chi connectivity index (χ0v) is 18.7. The minimum absolute atomic E-state index is 0.124. The van der Waals surface area contributed by atoms with Gasteiger partial charge in [0.25, 0.3) is 5.91 Å². The topological polar surface area (TPSA) is 74.6 Å². The summed E-state index contributed by atoms with van der Waals surface area (Å²) < 4.78 is 25.5. The first-order valence-electron chi connectivity index (χ1n) is 9.94. The van der Waals surface area contributed by atoms with Crippen molar-refractivity contribution < 1.29 is 18.7 Å². The highest BCUT2D eigenvalue weighted by molar-refractivity contribution is 9.10. The van der Waals surface area contributed by atoms with E-state index >= 15 is 0 Å². The summed E-state index contributed by atoms with van der Waals surface area (Å²) in [5.74, 6) is 0.264. The molecule has 0 bridgehead atoms. The molecule has 1 aliphatic heterocycles. The largest absolute Gasteiger partial charge is 0.490 e. The Morgan fingerprint density at radius 2 is 1.84 bits per heavy atom. The second kappa shape index (κ2) is 9.28. The van der Waals surface area contributed by atoms with Crippen molar-refractivity contribution in [2.24, 2.45) is 0 Å². The number of rotatable bonds is 6. The smallest absolute Gasteiger partial charge is 0.262 e. The van der Waals surface area contributed by atoms with E-state index in [0.29, 0.717) is 45.1 Å². The Morgan fingerprint density at radius 3 is 2.56 bits per heavy atom. The zero-order valence-electron chi connectivity index (χ0n) is 17.1. The molecule has 6 nitrogen and oxygen atoms in total. The fraction of sp³-hybridized carbons (Fsp3) is 0.167. The van der Waals surface area contributed by atoms with E-state index in [-0.39, 0.29) is 18.3 Å². The summed E-state index contributed by atoms with van der Waals surface area (Å²) in [7, 11) is 0. The van der Waals surface area contributed by atoms with E-state index in [1.165, 1.54) is 12.1 Å². The van der Waals surface area contributed by atoms with Gasteiger partial charge in [0.2, 0.25) is 0 Å². The fourth-order valence-corrected chi connectivity index (χ4v) is 4.13. The highest BCUT2D eigenvalue weighted by atomic mass is 79.9. The van der Waals surface area contributed by atoms with E-state index in [1.807, 2.05) is 25.1 Å². The van der Waals surface area contributed by atoms with Crippen molar-refractivity contribution >= 4 is 33.2 Å². The average molecular weight is 496 g/mol. The first kappa shape index (κ1) is 21.7. The van der Waals surface area contributed by atoms with Crippen LogP contribution in [0.4, 0.5) is 15.8 Å². The highest BCUT2D eigenvalue weighted by Crippen LogP contribution is 2.42. The lowest BCUT2D eigenvalue weighted by Gasteiger charge is -2.38. The number of halogens is 2. The van der Waals surface area contributed by atoms with Gasteiger partial charge in [0.1, 0.15) is 18.1 Å². The Kier molecular flexibility index (Phi) is 6.28. The molecule has 0 aromatic heterocycles. The van der Waals surface area contributed by atoms with Crippen molar-refractivity contribution in [3.05, 3.63) is 82.1 Å². The van der Waals surface area contributed by atoms with Crippen LogP contribution < -0.4 is 19.7 Å². The van der Waals surface area contributed by atoms with Crippen molar-refractivity contribution in [2.45, 2.75) is 13.1 Å². The molecule has 1 amide bonds. The lowest BCUT2D eigenvalue weighted by atomic mass is 10.0. The van der Waals surface area contributed by atoms with Crippen LogP contribution in [0.25, 0.3) is 0 Å². The number of hydrogen-bond acceptors (Lipinski definition) is 5. The molecule has 4 rings (SSSR count). The fourth-order valence-electron chi connectivity index (χ4n) is 3.59. The maximum Gasteiger partial charge on any atom is 0.262 e. The van der Waals surface area contributed by atoms with E-state index in [1.54, 1.807) is 41.3 Å². The molecule has 0 radical (unpaired) electrons. The third-order valence-electron chi connectivity index (χ3n) is 4.98. The number of anilines is 2. The second-order valence-electron chi connectivity index (χ2n) is 6.94. The van der Waals surface area contributed by atoms with Crippen LogP contribution in [0.15, 0.2) is 65.1 Å². The molecule has 0 saturated carbocycles. The summed E-state index contributed by atoms with van der Waals surface area (Å²) >= 11 is 3.58. The van der Waals surface area contributed by atoms with Gasteiger partial charge in [-0.25, -0.2) is 4.39 Å². The Labute approximate surface area is 193 Å². The Balaban J connectivity index is 1.85. The minimum atomic E-state index is -0.610. The standard InChI is InChI=1S/C24H19BrFN3O3/c1-2-31-21-13-18(19(25)14-22(21)32-12-11-27)23-28-20-6-4-3-5-17(20)24(30)29(23)16-9-7-15(26)8-10-16/h3-10,13-14,23,28H,2,12H2,1H3/t23-/m0/s1. The third-order valence-corrected chi connectivity index (χ3v) is 5.67. The normalized spacial score (nSPS) is 14.9. The number of ether oxygens (including phenoxy) is 2. The number of carbonyl (C=O) groups excluding carboxylic acids is 1. The van der Waals surface area contributed by atoms with Crippen LogP contribution in [0.2, 0.25) is 0 Å². The van der Waals surface area contributed by atoms with Gasteiger partial charge in [0, 0.05) is 21.4 Å². The van der Waals surface area contributed by atoms with Gasteiger partial charge < -0.3 is 14.8 Å². The maximum absolute atomic E-state index is 13.6. The maximum atomic E-state index is 13.6. The molecule has 1 N–H and O–H groups in total. The minimum Gasteiger partial charge on any atom is -0.490 e. The molecule has 1 aliphatic rings. The zero-order chi connectivity index (χ0) is 22.7. The van der Waals surface area contributed by atoms with E-state index < -0.39 is 6.17 Å². The van der Waals surface area contributed by atoms with Crippen LogP contribution in [0, 0.1) is 17.1 Å². The van der Waals surface area contributed by atoms with E-state index in [4.69, 9.17) is 14.7 Å². The van der Waals surface area contributed by atoms with Crippen LogP contribution in [0.1, 0.15) is 29.0 Å². The van der Waals surface area contributed by atoms with Crippen LogP contribution in [0.5, 0.6) is 11.5 Å². The summed E-state index contributed by atoms with van der Waals surface area (Å²) in [6.45, 7) is 2.12. The van der Waals surface area contributed by atoms with Gasteiger partial charge in [-0.15, -0.1) is 0 Å². The van der Waals surface area contributed by atoms with Crippen molar-refractivity contribution in [1.29, 1.82) is 5.26 Å². The van der Waals surface area contributed by atoms with Gasteiger partial charge in [0.05, 0.1) is 12.2 Å². The lowest BCUT2D eigenvalue weighted by molar-refractivity contribution is 0.0974. The number of para-hydroxylation sites is 1. The van der Waals surface area contributed by atoms with Gasteiger partial charge in [0.15, 0.2) is 18.1 Å². The monoisotopic (exact) mass is 495 g/mol. The number of nitrogens with one attached hydrogen (secondary N) is 1. The number of carbonyl (C=O) groups is 1. The van der Waals surface area contributed by atoms with E-state index in [9.17, 15) is 9.18 Å². The van der Waals surface area contributed by atoms with Crippen LogP contribution in [-0.2, 0) is 0 Å². The first-order valence-corrected chi connectivity index (χ1v) is 10.7. The quantitative estimate of drug-likeness (QED) is 0.477. The van der Waals surface area contributed by atoms with Crippen LogP contribution in [0.3, 0.4) is 0 Å². The molecular weight excluding hydrogens is 477 g/mol. The molecule has 8 heteroatoms. The number of nitriles is 1. The molecule has 32 heavy (non-hydrogen) atoms. The molecule has 162 valence electrons.